The molecule has 2 fully saturated rings. The van der Waals surface area contributed by atoms with Crippen LogP contribution in [0.25, 0.3) is 11.1 Å². The molecule has 0 radical (unpaired) electrons. The van der Waals surface area contributed by atoms with E-state index in [4.69, 9.17) is 30.5 Å². The highest BCUT2D eigenvalue weighted by molar-refractivity contribution is 6.35. The van der Waals surface area contributed by atoms with E-state index in [1.54, 1.807) is 13.2 Å². The fraction of sp³-hybridized carbons (Fsp3) is 0.480. The van der Waals surface area contributed by atoms with Gasteiger partial charge in [0.2, 0.25) is 5.60 Å². The van der Waals surface area contributed by atoms with Crippen LogP contribution in [0, 0.1) is 13.8 Å². The largest absolute Gasteiger partial charge is 0.495 e. The maximum atomic E-state index is 12.0. The Kier molecular flexibility index (Phi) is 6.65. The maximum absolute atomic E-state index is 12.0. The van der Waals surface area contributed by atoms with E-state index in [1.807, 2.05) is 32.0 Å². The molecule has 2 aliphatic rings. The molecule has 0 atom stereocenters. The Balaban J connectivity index is 1.74. The van der Waals surface area contributed by atoms with Crippen molar-refractivity contribution in [1.29, 1.82) is 0 Å². The summed E-state index contributed by atoms with van der Waals surface area (Å²) >= 11 is 6.74. The average Bonchev–Trinajstić information content (AvgIpc) is 3.61. The first-order chi connectivity index (χ1) is 15.3. The van der Waals surface area contributed by atoms with Crippen molar-refractivity contribution in [3.05, 3.63) is 46.0 Å². The lowest BCUT2D eigenvalue weighted by atomic mass is 9.93. The number of rotatable bonds is 8. The SMILES string of the molecule is COc1c(C)c(C)cc(-c2ccc(OC3(C(=O)O)CCOCC3)cc2COC2CC2)c1Cl. The molecule has 4 rings (SSSR count). The van der Waals surface area contributed by atoms with Crippen molar-refractivity contribution in [3.63, 3.8) is 0 Å². The van der Waals surface area contributed by atoms with Crippen molar-refractivity contribution in [2.75, 3.05) is 20.3 Å². The summed E-state index contributed by atoms with van der Waals surface area (Å²) in [4.78, 5) is 12.0. The number of halogens is 1. The third kappa shape index (κ3) is 4.58. The molecule has 0 unspecified atom stereocenters. The van der Waals surface area contributed by atoms with Gasteiger partial charge in [0, 0.05) is 18.4 Å². The first kappa shape index (κ1) is 22.9. The molecule has 1 aliphatic heterocycles. The number of aryl methyl sites for hydroxylation is 1. The molecule has 1 saturated carbocycles. The third-order valence-electron chi connectivity index (χ3n) is 6.30. The highest BCUT2D eigenvalue weighted by atomic mass is 35.5. The minimum absolute atomic E-state index is 0.276. The number of hydrogen-bond donors (Lipinski definition) is 1. The molecule has 2 aromatic rings. The van der Waals surface area contributed by atoms with Crippen molar-refractivity contribution in [3.8, 4) is 22.6 Å². The lowest BCUT2D eigenvalue weighted by Gasteiger charge is -2.33. The Bertz CT molecular complexity index is 1010. The molecule has 6 nitrogen and oxygen atoms in total. The number of benzene rings is 2. The van der Waals surface area contributed by atoms with Crippen LogP contribution in [0.15, 0.2) is 24.3 Å². The summed E-state index contributed by atoms with van der Waals surface area (Å²) in [5.41, 5.74) is 3.46. The Labute approximate surface area is 193 Å². The van der Waals surface area contributed by atoms with Gasteiger partial charge in [0.1, 0.15) is 11.5 Å². The predicted molar refractivity (Wildman–Crippen MR) is 122 cm³/mol. The third-order valence-corrected chi connectivity index (χ3v) is 6.68. The monoisotopic (exact) mass is 460 g/mol. The summed E-state index contributed by atoms with van der Waals surface area (Å²) in [6.45, 7) is 5.13. The number of carbonyl (C=O) groups is 1. The first-order valence-electron chi connectivity index (χ1n) is 10.9. The van der Waals surface area contributed by atoms with Crippen molar-refractivity contribution in [1.82, 2.24) is 0 Å². The second kappa shape index (κ2) is 9.30. The van der Waals surface area contributed by atoms with E-state index in [0.717, 1.165) is 40.7 Å². The van der Waals surface area contributed by atoms with Crippen LogP contribution in [0.1, 0.15) is 42.4 Å². The van der Waals surface area contributed by atoms with Gasteiger partial charge in [-0.2, -0.15) is 0 Å². The molecule has 0 amide bonds. The lowest BCUT2D eigenvalue weighted by molar-refractivity contribution is -0.163. The van der Waals surface area contributed by atoms with E-state index in [-0.39, 0.29) is 6.10 Å². The molecule has 2 aromatic carbocycles. The van der Waals surface area contributed by atoms with E-state index in [1.165, 1.54) is 0 Å². The van der Waals surface area contributed by atoms with Crippen LogP contribution in [0.5, 0.6) is 11.5 Å². The Morgan fingerprint density at radius 2 is 1.91 bits per heavy atom. The van der Waals surface area contributed by atoms with E-state index in [9.17, 15) is 9.90 Å². The Morgan fingerprint density at radius 1 is 1.19 bits per heavy atom. The van der Waals surface area contributed by atoms with Crippen LogP contribution in [-0.2, 0) is 20.9 Å². The summed E-state index contributed by atoms with van der Waals surface area (Å²) < 4.78 is 23.0. The van der Waals surface area contributed by atoms with E-state index in [0.29, 0.717) is 49.2 Å². The normalized spacial score (nSPS) is 17.8. The molecular formula is C25H29ClO6. The first-order valence-corrected chi connectivity index (χ1v) is 11.3. The van der Waals surface area contributed by atoms with Gasteiger partial charge in [-0.05, 0) is 67.1 Å². The quantitative estimate of drug-likeness (QED) is 0.574. The van der Waals surface area contributed by atoms with Crippen LogP contribution < -0.4 is 9.47 Å². The summed E-state index contributed by atoms with van der Waals surface area (Å²) in [6, 6.07) is 7.64. The number of carboxylic acids is 1. The Morgan fingerprint density at radius 3 is 2.53 bits per heavy atom. The summed E-state index contributed by atoms with van der Waals surface area (Å²) in [5.74, 6) is 0.185. The van der Waals surface area contributed by atoms with Gasteiger partial charge >= 0.3 is 5.97 Å². The molecule has 7 heteroatoms. The molecule has 1 heterocycles. The number of methoxy groups -OCH3 is 1. The lowest BCUT2D eigenvalue weighted by Crippen LogP contribution is -2.49. The zero-order chi connectivity index (χ0) is 22.9. The summed E-state index contributed by atoms with van der Waals surface area (Å²) in [5, 5.41) is 10.4. The van der Waals surface area contributed by atoms with Gasteiger partial charge in [-0.3, -0.25) is 0 Å². The molecule has 1 saturated heterocycles. The molecule has 32 heavy (non-hydrogen) atoms. The van der Waals surface area contributed by atoms with Gasteiger partial charge in [0.25, 0.3) is 0 Å². The zero-order valence-corrected chi connectivity index (χ0v) is 19.5. The average molecular weight is 461 g/mol. The van der Waals surface area contributed by atoms with Gasteiger partial charge in [-0.15, -0.1) is 0 Å². The minimum Gasteiger partial charge on any atom is -0.495 e. The van der Waals surface area contributed by atoms with Crippen molar-refractivity contribution < 1.29 is 28.8 Å². The van der Waals surface area contributed by atoms with Crippen LogP contribution in [0.2, 0.25) is 5.02 Å². The van der Waals surface area contributed by atoms with Gasteiger partial charge in [-0.25, -0.2) is 4.79 Å². The highest BCUT2D eigenvalue weighted by Gasteiger charge is 2.43. The molecule has 172 valence electrons. The van der Waals surface area contributed by atoms with E-state index >= 15 is 0 Å². The molecule has 1 N–H and O–H groups in total. The fourth-order valence-corrected chi connectivity index (χ4v) is 4.41. The molecule has 0 aromatic heterocycles. The van der Waals surface area contributed by atoms with Crippen LogP contribution >= 0.6 is 11.6 Å². The van der Waals surface area contributed by atoms with Crippen LogP contribution in [-0.4, -0.2) is 43.1 Å². The topological polar surface area (TPSA) is 74.2 Å². The number of ether oxygens (including phenoxy) is 4. The summed E-state index contributed by atoms with van der Waals surface area (Å²) in [6.07, 6.45) is 3.01. The van der Waals surface area contributed by atoms with Gasteiger partial charge in [-0.1, -0.05) is 17.7 Å². The van der Waals surface area contributed by atoms with Gasteiger partial charge in [0.05, 0.1) is 38.1 Å². The standard InChI is InChI=1S/C25H29ClO6/c1-15-12-21(22(26)23(29-3)16(15)2)20-7-6-19(13-17(20)14-31-18-4-5-18)32-25(24(27)28)8-10-30-11-9-25/h6-7,12-13,18H,4-5,8-11,14H2,1-3H3,(H,27,28). The van der Waals surface area contributed by atoms with Crippen LogP contribution in [0.4, 0.5) is 0 Å². The van der Waals surface area contributed by atoms with Crippen molar-refractivity contribution >= 4 is 17.6 Å². The fourth-order valence-electron chi connectivity index (χ4n) is 4.04. The van der Waals surface area contributed by atoms with E-state index < -0.39 is 11.6 Å². The molecular weight excluding hydrogens is 432 g/mol. The van der Waals surface area contributed by atoms with E-state index in [2.05, 4.69) is 0 Å². The molecule has 1 aliphatic carbocycles. The predicted octanol–water partition coefficient (Wildman–Crippen LogP) is 5.32. The van der Waals surface area contributed by atoms with Gasteiger partial charge in [0.15, 0.2) is 0 Å². The summed E-state index contributed by atoms with van der Waals surface area (Å²) in [7, 11) is 1.62. The number of carboxylic acid groups (broad SMARTS) is 1. The molecule has 0 spiro atoms. The van der Waals surface area contributed by atoms with Crippen LogP contribution in [0.3, 0.4) is 0 Å². The number of aliphatic carboxylic acids is 1. The second-order valence-corrected chi connectivity index (χ2v) is 8.93. The smallest absolute Gasteiger partial charge is 0.348 e. The Hall–Kier alpha value is -2.28. The van der Waals surface area contributed by atoms with Crippen molar-refractivity contribution in [2.24, 2.45) is 0 Å². The second-order valence-electron chi connectivity index (χ2n) is 8.56. The number of hydrogen-bond acceptors (Lipinski definition) is 5. The minimum atomic E-state index is -1.28. The van der Waals surface area contributed by atoms with Crippen molar-refractivity contribution in [2.45, 2.75) is 57.8 Å². The maximum Gasteiger partial charge on any atom is 0.348 e. The molecule has 0 bridgehead atoms. The highest BCUT2D eigenvalue weighted by Crippen LogP contribution is 2.42. The van der Waals surface area contributed by atoms with Gasteiger partial charge < -0.3 is 24.1 Å². The zero-order valence-electron chi connectivity index (χ0n) is 18.7.